The van der Waals surface area contributed by atoms with Crippen molar-refractivity contribution in [3.8, 4) is 0 Å². The Hall–Kier alpha value is -0.640. The van der Waals surface area contributed by atoms with E-state index in [-0.39, 0.29) is 0 Å². The summed E-state index contributed by atoms with van der Waals surface area (Å²) in [6.45, 7) is 4.40. The molecule has 1 nitrogen and oxygen atoms in total. The third-order valence-electron chi connectivity index (χ3n) is 2.89. The van der Waals surface area contributed by atoms with Gasteiger partial charge in [0.2, 0.25) is 0 Å². The summed E-state index contributed by atoms with van der Waals surface area (Å²) in [4.78, 5) is 0. The maximum absolute atomic E-state index is 3.61. The van der Waals surface area contributed by atoms with Crippen LogP contribution < -0.4 is 5.32 Å². The Bertz CT molecular complexity index is 467. The first-order valence-electron chi connectivity index (χ1n) is 5.70. The predicted molar refractivity (Wildman–Crippen MR) is 78.4 cm³/mol. The summed E-state index contributed by atoms with van der Waals surface area (Å²) in [7, 11) is 0. The third-order valence-corrected chi connectivity index (χ3v) is 4.09. The molecule has 0 amide bonds. The van der Waals surface area contributed by atoms with Crippen molar-refractivity contribution in [2.75, 3.05) is 0 Å². The Balaban J connectivity index is 2.04. The lowest BCUT2D eigenvalue weighted by molar-refractivity contribution is 0.495. The lowest BCUT2D eigenvalue weighted by atomic mass is 10.1. The van der Waals surface area contributed by atoms with Gasteiger partial charge in [-0.25, -0.2) is 0 Å². The minimum absolute atomic E-state index is 0.349. The van der Waals surface area contributed by atoms with E-state index in [1.807, 2.05) is 0 Å². The maximum Gasteiger partial charge on any atom is 0.0305 e. The van der Waals surface area contributed by atoms with Crippen LogP contribution in [0.5, 0.6) is 0 Å². The van der Waals surface area contributed by atoms with Crippen LogP contribution in [0.2, 0.25) is 0 Å². The first kappa shape index (κ1) is 12.8. The van der Waals surface area contributed by atoms with Crippen LogP contribution in [0.1, 0.15) is 37.1 Å². The molecule has 0 radical (unpaired) electrons. The second kappa shape index (κ2) is 5.80. The van der Waals surface area contributed by atoms with E-state index in [1.54, 1.807) is 11.3 Å². The molecular formula is C14H16BrNS. The summed E-state index contributed by atoms with van der Waals surface area (Å²) in [6.07, 6.45) is 0. The predicted octanol–water partition coefficient (Wildman–Crippen LogP) is 4.92. The van der Waals surface area contributed by atoms with Crippen molar-refractivity contribution in [3.63, 3.8) is 0 Å². The Kier molecular flexibility index (Phi) is 4.37. The number of hydrogen-bond donors (Lipinski definition) is 1. The average molecular weight is 310 g/mol. The van der Waals surface area contributed by atoms with Gasteiger partial charge in [0.1, 0.15) is 0 Å². The lowest BCUT2D eigenvalue weighted by Gasteiger charge is -2.20. The average Bonchev–Trinajstić information content (AvgIpc) is 2.82. The fourth-order valence-corrected chi connectivity index (χ4v) is 3.04. The fourth-order valence-electron chi connectivity index (χ4n) is 1.86. The molecule has 2 atom stereocenters. The number of halogens is 1. The number of rotatable bonds is 4. The molecule has 2 rings (SSSR count). The van der Waals surface area contributed by atoms with Gasteiger partial charge in [-0.05, 0) is 53.9 Å². The van der Waals surface area contributed by atoms with Crippen LogP contribution in [0.15, 0.2) is 45.6 Å². The van der Waals surface area contributed by atoms with Gasteiger partial charge in [-0.2, -0.15) is 11.3 Å². The SMILES string of the molecule is CC(N[C@H](C)c1cccc(Br)c1)c1ccsc1. The molecule has 1 N–H and O–H groups in total. The molecule has 3 heteroatoms. The van der Waals surface area contributed by atoms with Gasteiger partial charge in [0.15, 0.2) is 0 Å². The van der Waals surface area contributed by atoms with Gasteiger partial charge in [-0.15, -0.1) is 0 Å². The molecule has 0 bridgehead atoms. The lowest BCUT2D eigenvalue weighted by Crippen LogP contribution is -2.22. The quantitative estimate of drug-likeness (QED) is 0.845. The van der Waals surface area contributed by atoms with Crippen molar-refractivity contribution in [2.24, 2.45) is 0 Å². The molecule has 0 aliphatic carbocycles. The highest BCUT2D eigenvalue weighted by molar-refractivity contribution is 9.10. The Morgan fingerprint density at radius 2 is 1.88 bits per heavy atom. The van der Waals surface area contributed by atoms with E-state index in [0.717, 1.165) is 4.47 Å². The van der Waals surface area contributed by atoms with Gasteiger partial charge in [0.05, 0.1) is 0 Å². The van der Waals surface area contributed by atoms with Crippen LogP contribution in [0.3, 0.4) is 0 Å². The molecular weight excluding hydrogens is 294 g/mol. The molecule has 0 fully saturated rings. The Morgan fingerprint density at radius 3 is 2.53 bits per heavy atom. The highest BCUT2D eigenvalue weighted by atomic mass is 79.9. The number of benzene rings is 1. The normalized spacial score (nSPS) is 14.5. The maximum atomic E-state index is 3.61. The van der Waals surface area contributed by atoms with E-state index in [1.165, 1.54) is 11.1 Å². The van der Waals surface area contributed by atoms with E-state index >= 15 is 0 Å². The third kappa shape index (κ3) is 3.41. The van der Waals surface area contributed by atoms with E-state index < -0.39 is 0 Å². The minimum atomic E-state index is 0.349. The Morgan fingerprint density at radius 1 is 1.12 bits per heavy atom. The molecule has 1 aromatic heterocycles. The zero-order valence-electron chi connectivity index (χ0n) is 9.98. The molecule has 1 heterocycles. The number of hydrogen-bond acceptors (Lipinski definition) is 2. The van der Waals surface area contributed by atoms with Crippen molar-refractivity contribution in [1.82, 2.24) is 5.32 Å². The van der Waals surface area contributed by atoms with E-state index in [4.69, 9.17) is 0 Å². The van der Waals surface area contributed by atoms with Crippen LogP contribution >= 0.6 is 27.3 Å². The van der Waals surface area contributed by atoms with Crippen molar-refractivity contribution in [2.45, 2.75) is 25.9 Å². The molecule has 17 heavy (non-hydrogen) atoms. The van der Waals surface area contributed by atoms with E-state index in [0.29, 0.717) is 12.1 Å². The highest BCUT2D eigenvalue weighted by Gasteiger charge is 2.11. The fraction of sp³-hybridized carbons (Fsp3) is 0.286. The largest absolute Gasteiger partial charge is 0.304 e. The molecule has 1 aromatic carbocycles. The molecule has 0 saturated carbocycles. The molecule has 0 aliphatic rings. The highest BCUT2D eigenvalue weighted by Crippen LogP contribution is 2.22. The zero-order valence-corrected chi connectivity index (χ0v) is 12.4. The molecule has 1 unspecified atom stereocenters. The summed E-state index contributed by atoms with van der Waals surface area (Å²) in [5, 5.41) is 7.93. The van der Waals surface area contributed by atoms with Crippen molar-refractivity contribution in [3.05, 3.63) is 56.7 Å². The minimum Gasteiger partial charge on any atom is -0.304 e. The van der Waals surface area contributed by atoms with Gasteiger partial charge in [-0.1, -0.05) is 28.1 Å². The van der Waals surface area contributed by atoms with Gasteiger partial charge < -0.3 is 5.32 Å². The monoisotopic (exact) mass is 309 g/mol. The van der Waals surface area contributed by atoms with Gasteiger partial charge >= 0.3 is 0 Å². The van der Waals surface area contributed by atoms with Crippen molar-refractivity contribution >= 4 is 27.3 Å². The van der Waals surface area contributed by atoms with Crippen LogP contribution in [-0.4, -0.2) is 0 Å². The summed E-state index contributed by atoms with van der Waals surface area (Å²) in [5.74, 6) is 0. The van der Waals surface area contributed by atoms with Crippen LogP contribution in [0.4, 0.5) is 0 Å². The summed E-state index contributed by atoms with van der Waals surface area (Å²) >= 11 is 5.26. The molecule has 2 aromatic rings. The van der Waals surface area contributed by atoms with Gasteiger partial charge in [-0.3, -0.25) is 0 Å². The van der Waals surface area contributed by atoms with Crippen molar-refractivity contribution < 1.29 is 0 Å². The zero-order chi connectivity index (χ0) is 12.3. The molecule has 0 spiro atoms. The smallest absolute Gasteiger partial charge is 0.0305 e. The van der Waals surface area contributed by atoms with E-state index in [9.17, 15) is 0 Å². The molecule has 0 saturated heterocycles. The summed E-state index contributed by atoms with van der Waals surface area (Å²) < 4.78 is 1.13. The van der Waals surface area contributed by atoms with Gasteiger partial charge in [0, 0.05) is 16.6 Å². The van der Waals surface area contributed by atoms with Crippen LogP contribution in [0, 0.1) is 0 Å². The summed E-state index contributed by atoms with van der Waals surface area (Å²) in [6, 6.07) is 11.4. The number of nitrogens with one attached hydrogen (secondary N) is 1. The van der Waals surface area contributed by atoms with Crippen LogP contribution in [0.25, 0.3) is 0 Å². The van der Waals surface area contributed by atoms with Crippen molar-refractivity contribution in [1.29, 1.82) is 0 Å². The topological polar surface area (TPSA) is 12.0 Å². The standard InChI is InChI=1S/C14H16BrNS/c1-10(12-4-3-5-14(15)8-12)16-11(2)13-6-7-17-9-13/h3-11,16H,1-2H3/t10-,11?/m1/s1. The van der Waals surface area contributed by atoms with Gasteiger partial charge in [0.25, 0.3) is 0 Å². The molecule has 90 valence electrons. The summed E-state index contributed by atoms with van der Waals surface area (Å²) in [5.41, 5.74) is 2.67. The Labute approximate surface area is 115 Å². The molecule has 0 aliphatic heterocycles. The first-order chi connectivity index (χ1) is 8.16. The number of thiophene rings is 1. The second-order valence-corrected chi connectivity index (χ2v) is 5.92. The second-order valence-electron chi connectivity index (χ2n) is 4.22. The van der Waals surface area contributed by atoms with Crippen LogP contribution in [-0.2, 0) is 0 Å². The van der Waals surface area contributed by atoms with E-state index in [2.05, 4.69) is 76.2 Å². The first-order valence-corrected chi connectivity index (χ1v) is 7.44.